The van der Waals surface area contributed by atoms with E-state index in [4.69, 9.17) is 0 Å². The van der Waals surface area contributed by atoms with Gasteiger partial charge in [0, 0.05) is 30.4 Å². The van der Waals surface area contributed by atoms with Crippen LogP contribution in [0.4, 0.5) is 0 Å². The largest absolute Gasteiger partial charge is 0.361 e. The molecule has 152 valence electrons. The zero-order chi connectivity index (χ0) is 20.0. The third-order valence-electron chi connectivity index (χ3n) is 6.77. The number of aromatic amines is 1. The van der Waals surface area contributed by atoms with E-state index in [1.165, 1.54) is 12.8 Å². The summed E-state index contributed by atoms with van der Waals surface area (Å²) in [5.41, 5.74) is 1.34. The molecule has 1 N–H and O–H groups in total. The van der Waals surface area contributed by atoms with Crippen molar-refractivity contribution in [3.63, 3.8) is 0 Å². The lowest BCUT2D eigenvalue weighted by Crippen LogP contribution is -2.47. The molecule has 29 heavy (non-hydrogen) atoms. The van der Waals surface area contributed by atoms with Gasteiger partial charge in [-0.2, -0.15) is 0 Å². The highest BCUT2D eigenvalue weighted by atomic mass is 16.2. The Morgan fingerprint density at radius 1 is 1.24 bits per heavy atom. The van der Waals surface area contributed by atoms with Gasteiger partial charge >= 0.3 is 0 Å². The topological polar surface area (TPSA) is 82.9 Å². The Balaban J connectivity index is 1.44. The van der Waals surface area contributed by atoms with Crippen molar-refractivity contribution in [1.29, 1.82) is 0 Å². The molecule has 1 aliphatic heterocycles. The molecular formula is C21H27N7O. The Kier molecular flexibility index (Phi) is 4.38. The molecule has 1 unspecified atom stereocenters. The Labute approximate surface area is 169 Å². The molecule has 1 aromatic carbocycles. The molecule has 2 aromatic heterocycles. The molecule has 1 saturated carbocycles. The van der Waals surface area contributed by atoms with Gasteiger partial charge in [0.15, 0.2) is 5.82 Å². The van der Waals surface area contributed by atoms with Crippen LogP contribution in [0.25, 0.3) is 10.9 Å². The third kappa shape index (κ3) is 2.93. The van der Waals surface area contributed by atoms with E-state index >= 15 is 0 Å². The van der Waals surface area contributed by atoms with Gasteiger partial charge in [0.1, 0.15) is 5.54 Å². The maximum atomic E-state index is 13.3. The first-order valence-corrected chi connectivity index (χ1v) is 10.4. The number of likely N-dealkylation sites (N-methyl/N-ethyl adjacent to an activating group) is 1. The van der Waals surface area contributed by atoms with Crippen LogP contribution in [0.5, 0.6) is 0 Å². The zero-order valence-electron chi connectivity index (χ0n) is 17.0. The van der Waals surface area contributed by atoms with E-state index in [1.807, 2.05) is 40.0 Å². The molecule has 0 bridgehead atoms. The zero-order valence-corrected chi connectivity index (χ0v) is 17.0. The highest BCUT2D eigenvalue weighted by Gasteiger charge is 2.48. The lowest BCUT2D eigenvalue weighted by atomic mass is 9.95. The third-order valence-corrected chi connectivity index (χ3v) is 6.77. The Morgan fingerprint density at radius 2 is 2.07 bits per heavy atom. The molecule has 1 amide bonds. The number of fused-ring (bicyclic) bond motifs is 1. The fourth-order valence-corrected chi connectivity index (χ4v) is 4.97. The standard InChI is InChI=1S/C21H27N7O/c1-26(2)21(20-23-24-25-28(20)17-5-3-4-6-17)10-12-27(14-21)19(29)16-8-7-15-9-11-22-18(15)13-16/h7-9,11,13,17,22H,3-6,10,12,14H2,1-2H3. The monoisotopic (exact) mass is 393 g/mol. The summed E-state index contributed by atoms with van der Waals surface area (Å²) >= 11 is 0. The van der Waals surface area contributed by atoms with Crippen LogP contribution in [-0.4, -0.2) is 68.1 Å². The van der Waals surface area contributed by atoms with Crippen molar-refractivity contribution >= 4 is 16.8 Å². The summed E-state index contributed by atoms with van der Waals surface area (Å²) in [7, 11) is 4.12. The number of aromatic nitrogens is 5. The normalized spacial score (nSPS) is 22.9. The van der Waals surface area contributed by atoms with E-state index in [9.17, 15) is 4.79 Å². The highest BCUT2D eigenvalue weighted by molar-refractivity contribution is 5.98. The second-order valence-electron chi connectivity index (χ2n) is 8.57. The van der Waals surface area contributed by atoms with E-state index < -0.39 is 0 Å². The maximum Gasteiger partial charge on any atom is 0.254 e. The van der Waals surface area contributed by atoms with Crippen LogP contribution in [-0.2, 0) is 5.54 Å². The number of H-pyrrole nitrogens is 1. The number of nitrogens with zero attached hydrogens (tertiary/aromatic N) is 6. The minimum atomic E-state index is -0.363. The van der Waals surface area contributed by atoms with Gasteiger partial charge in [-0.3, -0.25) is 9.69 Å². The van der Waals surface area contributed by atoms with Crippen LogP contribution < -0.4 is 0 Å². The van der Waals surface area contributed by atoms with Crippen molar-refractivity contribution in [2.45, 2.75) is 43.7 Å². The highest BCUT2D eigenvalue weighted by Crippen LogP contribution is 2.39. The number of rotatable bonds is 4. The number of carbonyl (C=O) groups excluding carboxylic acids is 1. The molecule has 1 saturated heterocycles. The molecule has 1 aliphatic carbocycles. The van der Waals surface area contributed by atoms with Crippen molar-refractivity contribution < 1.29 is 4.79 Å². The van der Waals surface area contributed by atoms with Gasteiger partial charge < -0.3 is 9.88 Å². The number of tetrazole rings is 1. The summed E-state index contributed by atoms with van der Waals surface area (Å²) in [4.78, 5) is 20.6. The second-order valence-corrected chi connectivity index (χ2v) is 8.57. The van der Waals surface area contributed by atoms with Crippen molar-refractivity contribution in [3.05, 3.63) is 41.9 Å². The number of hydrogen-bond donors (Lipinski definition) is 1. The van der Waals surface area contributed by atoms with Gasteiger partial charge in [-0.05, 0) is 67.4 Å². The predicted molar refractivity (Wildman–Crippen MR) is 110 cm³/mol. The summed E-state index contributed by atoms with van der Waals surface area (Å²) in [5.74, 6) is 0.953. The second kappa shape index (κ2) is 6.95. The van der Waals surface area contributed by atoms with Crippen LogP contribution in [0.1, 0.15) is 54.3 Å². The fraction of sp³-hybridized carbons (Fsp3) is 0.524. The van der Waals surface area contributed by atoms with Crippen LogP contribution in [0.2, 0.25) is 0 Å². The van der Waals surface area contributed by atoms with E-state index in [-0.39, 0.29) is 11.4 Å². The van der Waals surface area contributed by atoms with Crippen molar-refractivity contribution in [1.82, 2.24) is 35.0 Å². The molecule has 8 nitrogen and oxygen atoms in total. The van der Waals surface area contributed by atoms with Crippen molar-refractivity contribution in [2.75, 3.05) is 27.2 Å². The molecule has 1 atom stereocenters. The lowest BCUT2D eigenvalue weighted by molar-refractivity contribution is 0.0737. The minimum Gasteiger partial charge on any atom is -0.361 e. The molecular weight excluding hydrogens is 366 g/mol. The SMILES string of the molecule is CN(C)C1(c2nnnn2C2CCCC2)CCN(C(=O)c2ccc3cc[nH]c3c2)C1. The summed E-state index contributed by atoms with van der Waals surface area (Å²) in [6.07, 6.45) is 7.43. The number of carbonyl (C=O) groups is 1. The lowest BCUT2D eigenvalue weighted by Gasteiger charge is -2.35. The number of benzene rings is 1. The molecule has 5 rings (SSSR count). The van der Waals surface area contributed by atoms with Gasteiger partial charge in [-0.1, -0.05) is 18.9 Å². The van der Waals surface area contributed by atoms with E-state index in [2.05, 4.69) is 39.5 Å². The average Bonchev–Trinajstić information content (AvgIpc) is 3.52. The smallest absolute Gasteiger partial charge is 0.254 e. The number of hydrogen-bond acceptors (Lipinski definition) is 5. The summed E-state index contributed by atoms with van der Waals surface area (Å²) < 4.78 is 2.03. The summed E-state index contributed by atoms with van der Waals surface area (Å²) in [5, 5.41) is 13.9. The molecule has 3 aromatic rings. The van der Waals surface area contributed by atoms with Crippen LogP contribution in [0.3, 0.4) is 0 Å². The maximum absolute atomic E-state index is 13.3. The van der Waals surface area contributed by atoms with Crippen LogP contribution in [0, 0.1) is 0 Å². The van der Waals surface area contributed by atoms with E-state index in [0.717, 1.165) is 36.0 Å². The average molecular weight is 393 g/mol. The van der Waals surface area contributed by atoms with Crippen LogP contribution >= 0.6 is 0 Å². The Morgan fingerprint density at radius 3 is 2.86 bits per heavy atom. The summed E-state index contributed by atoms with van der Waals surface area (Å²) in [6, 6.07) is 8.23. The van der Waals surface area contributed by atoms with E-state index in [1.54, 1.807) is 0 Å². The van der Waals surface area contributed by atoms with Gasteiger partial charge in [0.2, 0.25) is 0 Å². The number of likely N-dealkylation sites (tertiary alicyclic amines) is 1. The first-order valence-electron chi connectivity index (χ1n) is 10.4. The summed E-state index contributed by atoms with van der Waals surface area (Å²) in [6.45, 7) is 1.28. The van der Waals surface area contributed by atoms with E-state index in [0.29, 0.717) is 24.7 Å². The Hall–Kier alpha value is -2.74. The molecule has 0 spiro atoms. The quantitative estimate of drug-likeness (QED) is 0.737. The van der Waals surface area contributed by atoms with Crippen molar-refractivity contribution in [3.8, 4) is 0 Å². The van der Waals surface area contributed by atoms with Gasteiger partial charge in [0.05, 0.1) is 6.04 Å². The van der Waals surface area contributed by atoms with Crippen LogP contribution in [0.15, 0.2) is 30.5 Å². The molecule has 2 aliphatic rings. The molecule has 8 heteroatoms. The number of amides is 1. The Bertz CT molecular complexity index is 1030. The molecule has 2 fully saturated rings. The number of nitrogens with one attached hydrogen (secondary N) is 1. The minimum absolute atomic E-state index is 0.0603. The predicted octanol–water partition coefficient (Wildman–Crippen LogP) is 2.57. The first-order chi connectivity index (χ1) is 14.1. The van der Waals surface area contributed by atoms with Crippen molar-refractivity contribution in [2.24, 2.45) is 0 Å². The van der Waals surface area contributed by atoms with Gasteiger partial charge in [0.25, 0.3) is 5.91 Å². The van der Waals surface area contributed by atoms with Gasteiger partial charge in [-0.15, -0.1) is 5.10 Å². The first kappa shape index (κ1) is 18.3. The molecule has 3 heterocycles. The molecule has 0 radical (unpaired) electrons. The fourth-order valence-electron chi connectivity index (χ4n) is 4.97. The van der Waals surface area contributed by atoms with Gasteiger partial charge in [-0.25, -0.2) is 4.68 Å².